The van der Waals surface area contributed by atoms with Gasteiger partial charge in [-0.25, -0.2) is 4.98 Å². The van der Waals surface area contributed by atoms with Crippen molar-refractivity contribution in [3.8, 4) is 11.5 Å². The molecule has 0 radical (unpaired) electrons. The predicted octanol–water partition coefficient (Wildman–Crippen LogP) is 3.11. The zero-order valence-corrected chi connectivity index (χ0v) is 16.2. The molecule has 7 heteroatoms. The van der Waals surface area contributed by atoms with Crippen LogP contribution in [0.3, 0.4) is 0 Å². The Bertz CT molecular complexity index is 830. The summed E-state index contributed by atoms with van der Waals surface area (Å²) in [6.45, 7) is 6.94. The summed E-state index contributed by atoms with van der Waals surface area (Å²) in [6.07, 6.45) is 2.77. The topological polar surface area (TPSA) is 72.9 Å². The Kier molecular flexibility index (Phi) is 5.34. The van der Waals surface area contributed by atoms with Gasteiger partial charge in [-0.15, -0.1) is 0 Å². The van der Waals surface area contributed by atoms with Crippen LogP contribution in [0.25, 0.3) is 0 Å². The summed E-state index contributed by atoms with van der Waals surface area (Å²) in [7, 11) is 0. The van der Waals surface area contributed by atoms with Crippen LogP contribution in [0, 0.1) is 0 Å². The summed E-state index contributed by atoms with van der Waals surface area (Å²) in [5.74, 6) is 2.00. The smallest absolute Gasteiger partial charge is 0.257 e. The van der Waals surface area contributed by atoms with E-state index in [1.54, 1.807) is 18.3 Å². The summed E-state index contributed by atoms with van der Waals surface area (Å²) in [5, 5.41) is 2.89. The van der Waals surface area contributed by atoms with Gasteiger partial charge in [0.2, 0.25) is 0 Å². The Morgan fingerprint density at radius 3 is 2.54 bits per heavy atom. The number of benzene rings is 1. The van der Waals surface area contributed by atoms with Crippen molar-refractivity contribution in [3.05, 3.63) is 42.1 Å². The Morgan fingerprint density at radius 1 is 1.07 bits per heavy atom. The van der Waals surface area contributed by atoms with Gasteiger partial charge in [-0.1, -0.05) is 0 Å². The second-order valence-electron chi connectivity index (χ2n) is 7.23. The number of amides is 1. The van der Waals surface area contributed by atoms with Gasteiger partial charge in [0.15, 0.2) is 11.5 Å². The van der Waals surface area contributed by atoms with Crippen LogP contribution < -0.4 is 19.7 Å². The summed E-state index contributed by atoms with van der Waals surface area (Å²) >= 11 is 0. The monoisotopic (exact) mass is 383 g/mol. The van der Waals surface area contributed by atoms with Gasteiger partial charge in [-0.05, 0) is 38.1 Å². The first-order valence-corrected chi connectivity index (χ1v) is 9.66. The lowest BCUT2D eigenvalue weighted by Crippen LogP contribution is -2.45. The molecule has 2 aliphatic heterocycles. The number of carbonyl (C=O) groups is 1. The van der Waals surface area contributed by atoms with E-state index < -0.39 is 0 Å². The van der Waals surface area contributed by atoms with Crippen LogP contribution >= 0.6 is 0 Å². The molecule has 0 bridgehead atoms. The largest absolute Gasteiger partial charge is 0.490 e. The Morgan fingerprint density at radius 2 is 1.82 bits per heavy atom. The van der Waals surface area contributed by atoms with Crippen LogP contribution in [0.5, 0.6) is 11.5 Å². The molecule has 28 heavy (non-hydrogen) atoms. The Labute approximate surface area is 164 Å². The number of rotatable bonds is 3. The summed E-state index contributed by atoms with van der Waals surface area (Å²) < 4.78 is 17.1. The van der Waals surface area contributed by atoms with Gasteiger partial charge in [0.1, 0.15) is 5.82 Å². The minimum absolute atomic E-state index is 0.160. The van der Waals surface area contributed by atoms with E-state index in [1.165, 1.54) is 0 Å². The highest BCUT2D eigenvalue weighted by Crippen LogP contribution is 2.32. The van der Waals surface area contributed by atoms with Crippen molar-refractivity contribution in [2.24, 2.45) is 0 Å². The molecule has 2 atom stereocenters. The van der Waals surface area contributed by atoms with Crippen LogP contribution in [-0.4, -0.2) is 49.4 Å². The number of pyridine rings is 1. The maximum absolute atomic E-state index is 12.6. The quantitative estimate of drug-likeness (QED) is 0.878. The van der Waals surface area contributed by atoms with Gasteiger partial charge in [0.25, 0.3) is 5.91 Å². The zero-order chi connectivity index (χ0) is 19.5. The second-order valence-corrected chi connectivity index (χ2v) is 7.23. The van der Waals surface area contributed by atoms with Crippen molar-refractivity contribution >= 4 is 17.4 Å². The molecule has 0 spiro atoms. The maximum Gasteiger partial charge on any atom is 0.257 e. The first-order valence-electron chi connectivity index (χ1n) is 9.66. The Balaban J connectivity index is 1.43. The molecule has 1 aromatic heterocycles. The van der Waals surface area contributed by atoms with E-state index >= 15 is 0 Å². The normalized spacial score (nSPS) is 21.7. The SMILES string of the molecule is C[C@@H]1CN(c2ccc(C(=O)Nc3ccc4c(c3)OCCCO4)cn2)C[C@@H](C)O1. The number of ether oxygens (including phenoxy) is 3. The third kappa shape index (κ3) is 4.20. The Hall–Kier alpha value is -2.80. The van der Waals surface area contributed by atoms with Crippen molar-refractivity contribution in [3.63, 3.8) is 0 Å². The van der Waals surface area contributed by atoms with Crippen LogP contribution in [0.1, 0.15) is 30.6 Å². The molecule has 2 aromatic rings. The molecule has 1 fully saturated rings. The van der Waals surface area contributed by atoms with Gasteiger partial charge < -0.3 is 24.4 Å². The standard InChI is InChI=1S/C21H25N3O4/c1-14-12-24(13-15(2)28-14)20-7-4-16(11-22-20)21(25)23-17-5-6-18-19(10-17)27-9-3-8-26-18/h4-7,10-11,14-15H,3,8-9,12-13H2,1-2H3,(H,23,25)/t14-,15-/m1/s1. The molecule has 1 aromatic carbocycles. The molecule has 7 nitrogen and oxygen atoms in total. The highest BCUT2D eigenvalue weighted by atomic mass is 16.5. The number of anilines is 2. The number of nitrogens with zero attached hydrogens (tertiary/aromatic N) is 2. The van der Waals surface area contributed by atoms with Crippen molar-refractivity contribution in [1.29, 1.82) is 0 Å². The predicted molar refractivity (Wildman–Crippen MR) is 106 cm³/mol. The van der Waals surface area contributed by atoms with Crippen molar-refractivity contribution in [2.75, 3.05) is 36.5 Å². The molecule has 148 valence electrons. The van der Waals surface area contributed by atoms with Gasteiger partial charge in [0.05, 0.1) is 31.0 Å². The molecule has 1 saturated heterocycles. The van der Waals surface area contributed by atoms with Gasteiger partial charge >= 0.3 is 0 Å². The van der Waals surface area contributed by atoms with E-state index in [0.717, 1.165) is 25.3 Å². The van der Waals surface area contributed by atoms with E-state index in [-0.39, 0.29) is 18.1 Å². The van der Waals surface area contributed by atoms with E-state index in [4.69, 9.17) is 14.2 Å². The number of aromatic nitrogens is 1. The first kappa shape index (κ1) is 18.6. The summed E-state index contributed by atoms with van der Waals surface area (Å²) in [5.41, 5.74) is 1.17. The number of nitrogens with one attached hydrogen (secondary N) is 1. The molecule has 0 saturated carbocycles. The average molecular weight is 383 g/mol. The lowest BCUT2D eigenvalue weighted by Gasteiger charge is -2.36. The summed E-state index contributed by atoms with van der Waals surface area (Å²) in [4.78, 5) is 19.3. The first-order chi connectivity index (χ1) is 13.6. The van der Waals surface area contributed by atoms with Gasteiger partial charge in [-0.3, -0.25) is 4.79 Å². The lowest BCUT2D eigenvalue weighted by atomic mass is 10.2. The zero-order valence-electron chi connectivity index (χ0n) is 16.2. The lowest BCUT2D eigenvalue weighted by molar-refractivity contribution is -0.00546. The highest BCUT2D eigenvalue weighted by molar-refractivity contribution is 6.04. The number of hydrogen-bond acceptors (Lipinski definition) is 6. The van der Waals surface area contributed by atoms with Crippen LogP contribution in [0.4, 0.5) is 11.5 Å². The molecule has 1 N–H and O–H groups in total. The molecule has 0 unspecified atom stereocenters. The van der Waals surface area contributed by atoms with E-state index in [2.05, 4.69) is 29.0 Å². The van der Waals surface area contributed by atoms with Crippen LogP contribution in [0.15, 0.2) is 36.5 Å². The van der Waals surface area contributed by atoms with Crippen molar-refractivity contribution in [2.45, 2.75) is 32.5 Å². The molecular weight excluding hydrogens is 358 g/mol. The number of hydrogen-bond donors (Lipinski definition) is 1. The van der Waals surface area contributed by atoms with E-state index in [9.17, 15) is 4.79 Å². The van der Waals surface area contributed by atoms with Crippen molar-refractivity contribution < 1.29 is 19.0 Å². The number of morpholine rings is 1. The van der Waals surface area contributed by atoms with Crippen molar-refractivity contribution in [1.82, 2.24) is 4.98 Å². The molecular formula is C21H25N3O4. The highest BCUT2D eigenvalue weighted by Gasteiger charge is 2.23. The molecule has 0 aliphatic carbocycles. The third-order valence-electron chi connectivity index (χ3n) is 4.76. The van der Waals surface area contributed by atoms with Gasteiger partial charge in [-0.2, -0.15) is 0 Å². The maximum atomic E-state index is 12.6. The number of carbonyl (C=O) groups excluding carboxylic acids is 1. The average Bonchev–Trinajstić information content (AvgIpc) is 2.92. The molecule has 1 amide bonds. The second kappa shape index (κ2) is 8.06. The molecule has 4 rings (SSSR count). The number of fused-ring (bicyclic) bond motifs is 1. The van der Waals surface area contributed by atoms with Gasteiger partial charge in [0, 0.05) is 37.5 Å². The fourth-order valence-corrected chi connectivity index (χ4v) is 3.52. The minimum atomic E-state index is -0.211. The minimum Gasteiger partial charge on any atom is -0.490 e. The van der Waals surface area contributed by atoms with Crippen LogP contribution in [0.2, 0.25) is 0 Å². The molecule has 2 aliphatic rings. The summed E-state index contributed by atoms with van der Waals surface area (Å²) in [6, 6.07) is 9.10. The third-order valence-corrected chi connectivity index (χ3v) is 4.76. The fourth-order valence-electron chi connectivity index (χ4n) is 3.52. The molecule has 3 heterocycles. The van der Waals surface area contributed by atoms with E-state index in [1.807, 2.05) is 18.2 Å². The van der Waals surface area contributed by atoms with E-state index in [0.29, 0.717) is 36.0 Å². The fraction of sp³-hybridized carbons (Fsp3) is 0.429. The van der Waals surface area contributed by atoms with Crippen LogP contribution in [-0.2, 0) is 4.74 Å².